The molecule has 0 amide bonds. The van der Waals surface area contributed by atoms with Crippen LogP contribution in [0.25, 0.3) is 0 Å². The molecule has 0 aliphatic carbocycles. The number of nitrogens with two attached hydrogens (primary N) is 1. The Kier molecular flexibility index (Phi) is 3.08. The first kappa shape index (κ1) is 11.9. The average Bonchev–Trinajstić information content (AvgIpc) is 2.33. The zero-order chi connectivity index (χ0) is 12.6. The van der Waals surface area contributed by atoms with Crippen LogP contribution in [0.4, 0.5) is 4.39 Å². The summed E-state index contributed by atoms with van der Waals surface area (Å²) in [7, 11) is 0. The molecular weight excluding hydrogens is 253 g/mol. The molecule has 0 aromatic heterocycles. The number of ether oxygens (including phenoxy) is 2. The second-order valence-corrected chi connectivity index (χ2v) is 3.81. The molecule has 1 aliphatic rings. The van der Waals surface area contributed by atoms with E-state index in [4.69, 9.17) is 31.9 Å². The largest absolute Gasteiger partial charge is 0.486 e. The van der Waals surface area contributed by atoms with E-state index in [0.717, 1.165) is 0 Å². The fraction of sp³-hybridized carbons (Fsp3) is 0.300. The first-order valence-electron chi connectivity index (χ1n) is 4.78. The predicted octanol–water partition coefficient (Wildman–Crippen LogP) is 1.33. The molecule has 1 unspecified atom stereocenters. The fourth-order valence-corrected chi connectivity index (χ4v) is 1.76. The maximum atomic E-state index is 13.8. The van der Waals surface area contributed by atoms with Gasteiger partial charge >= 0.3 is 5.97 Å². The van der Waals surface area contributed by atoms with Crippen LogP contribution >= 0.6 is 11.6 Å². The van der Waals surface area contributed by atoms with Crippen molar-refractivity contribution in [1.29, 1.82) is 0 Å². The van der Waals surface area contributed by atoms with Gasteiger partial charge in [0.15, 0.2) is 17.3 Å². The lowest BCUT2D eigenvalue weighted by Crippen LogP contribution is -2.23. The molecule has 17 heavy (non-hydrogen) atoms. The molecule has 3 N–H and O–H groups in total. The molecule has 5 nitrogen and oxygen atoms in total. The normalized spacial score (nSPS) is 15.5. The molecule has 7 heteroatoms. The van der Waals surface area contributed by atoms with Gasteiger partial charge in [-0.1, -0.05) is 11.6 Å². The summed E-state index contributed by atoms with van der Waals surface area (Å²) in [5.41, 5.74) is 5.12. The van der Waals surface area contributed by atoms with Gasteiger partial charge in [0, 0.05) is 5.56 Å². The summed E-state index contributed by atoms with van der Waals surface area (Å²) in [5.74, 6) is -1.96. The minimum absolute atomic E-state index is 0.0803. The van der Waals surface area contributed by atoms with Crippen molar-refractivity contribution in [2.24, 2.45) is 5.73 Å². The Bertz CT molecular complexity index is 480. The number of hydrogen-bond donors (Lipinski definition) is 2. The van der Waals surface area contributed by atoms with Crippen LogP contribution in [0.3, 0.4) is 0 Å². The van der Waals surface area contributed by atoms with Gasteiger partial charge in [-0.25, -0.2) is 4.39 Å². The summed E-state index contributed by atoms with van der Waals surface area (Å²) >= 11 is 5.74. The molecule has 92 valence electrons. The zero-order valence-corrected chi connectivity index (χ0v) is 9.33. The van der Waals surface area contributed by atoms with E-state index in [-0.39, 0.29) is 35.3 Å². The van der Waals surface area contributed by atoms with Crippen molar-refractivity contribution in [1.82, 2.24) is 0 Å². The molecule has 0 saturated carbocycles. The van der Waals surface area contributed by atoms with Crippen molar-refractivity contribution in [2.45, 2.75) is 6.04 Å². The lowest BCUT2D eigenvalue weighted by Gasteiger charge is -2.21. The molecular formula is C10H9ClFNO4. The topological polar surface area (TPSA) is 81.8 Å². The van der Waals surface area contributed by atoms with Crippen molar-refractivity contribution < 1.29 is 23.8 Å². The van der Waals surface area contributed by atoms with Crippen molar-refractivity contribution in [3.8, 4) is 11.5 Å². The molecule has 1 aromatic carbocycles. The molecule has 0 radical (unpaired) electrons. The highest BCUT2D eigenvalue weighted by Gasteiger charge is 2.27. The van der Waals surface area contributed by atoms with E-state index in [1.54, 1.807) is 0 Å². The van der Waals surface area contributed by atoms with E-state index in [1.807, 2.05) is 0 Å². The lowest BCUT2D eigenvalue weighted by atomic mass is 10.1. The summed E-state index contributed by atoms with van der Waals surface area (Å²) in [5, 5.41) is 8.44. The average molecular weight is 262 g/mol. The van der Waals surface area contributed by atoms with Crippen LogP contribution in [0, 0.1) is 5.82 Å². The quantitative estimate of drug-likeness (QED) is 0.839. The number of hydrogen-bond acceptors (Lipinski definition) is 4. The lowest BCUT2D eigenvalue weighted by molar-refractivity contribution is -0.138. The van der Waals surface area contributed by atoms with Gasteiger partial charge in [-0.2, -0.15) is 0 Å². The Morgan fingerprint density at radius 2 is 2.18 bits per heavy atom. The highest BCUT2D eigenvalue weighted by molar-refractivity contribution is 6.32. The molecule has 0 bridgehead atoms. The van der Waals surface area contributed by atoms with E-state index in [2.05, 4.69) is 0 Å². The molecule has 0 saturated heterocycles. The van der Waals surface area contributed by atoms with Gasteiger partial charge in [0.2, 0.25) is 0 Å². The number of carboxylic acids is 1. The Morgan fingerprint density at radius 1 is 1.53 bits per heavy atom. The summed E-state index contributed by atoms with van der Waals surface area (Å²) in [6, 6.07) is -0.294. The van der Waals surface area contributed by atoms with Crippen molar-refractivity contribution >= 4 is 17.6 Å². The first-order valence-corrected chi connectivity index (χ1v) is 5.16. The maximum absolute atomic E-state index is 13.8. The smallest absolute Gasteiger partial charge is 0.325 e. The predicted molar refractivity (Wildman–Crippen MR) is 57.0 cm³/mol. The standard InChI is InChI=1S/C10H9ClFNO4/c11-6-7(12)4(8(13)10(14)15)3-5-9(6)17-2-1-16-5/h3,8H,1-2,13H2,(H,14,15). The zero-order valence-electron chi connectivity index (χ0n) is 8.57. The third-order valence-corrected chi connectivity index (χ3v) is 2.68. The minimum atomic E-state index is -1.50. The minimum Gasteiger partial charge on any atom is -0.486 e. The summed E-state index contributed by atoms with van der Waals surface area (Å²) in [6.45, 7) is 0.549. The van der Waals surface area contributed by atoms with Gasteiger partial charge in [0.1, 0.15) is 24.3 Å². The van der Waals surface area contributed by atoms with Crippen LogP contribution in [-0.4, -0.2) is 24.3 Å². The Hall–Kier alpha value is -1.53. The first-order chi connectivity index (χ1) is 8.02. The number of rotatable bonds is 2. The van der Waals surface area contributed by atoms with Crippen LogP contribution < -0.4 is 15.2 Å². The number of benzene rings is 1. The van der Waals surface area contributed by atoms with Gasteiger partial charge in [-0.3, -0.25) is 4.79 Å². The van der Waals surface area contributed by atoms with Crippen LogP contribution in [0.15, 0.2) is 6.07 Å². The maximum Gasteiger partial charge on any atom is 0.325 e. The third-order valence-electron chi connectivity index (χ3n) is 2.34. The van der Waals surface area contributed by atoms with E-state index >= 15 is 0 Å². The highest BCUT2D eigenvalue weighted by Crippen LogP contribution is 2.41. The van der Waals surface area contributed by atoms with E-state index in [1.165, 1.54) is 6.07 Å². The number of carbonyl (C=O) groups is 1. The van der Waals surface area contributed by atoms with Gasteiger partial charge < -0.3 is 20.3 Å². The van der Waals surface area contributed by atoms with Gasteiger partial charge in [0.25, 0.3) is 0 Å². The number of carboxylic acid groups (broad SMARTS) is 1. The molecule has 0 fully saturated rings. The monoisotopic (exact) mass is 261 g/mol. The molecule has 1 heterocycles. The van der Waals surface area contributed by atoms with Crippen LogP contribution in [0.5, 0.6) is 11.5 Å². The number of halogens is 2. The van der Waals surface area contributed by atoms with E-state index in [9.17, 15) is 9.18 Å². The molecule has 0 spiro atoms. The Balaban J connectivity index is 2.55. The van der Waals surface area contributed by atoms with Crippen molar-refractivity contribution in [2.75, 3.05) is 13.2 Å². The van der Waals surface area contributed by atoms with Gasteiger partial charge in [0.05, 0.1) is 0 Å². The Morgan fingerprint density at radius 3 is 2.82 bits per heavy atom. The number of aliphatic carboxylic acids is 1. The van der Waals surface area contributed by atoms with Gasteiger partial charge in [-0.05, 0) is 6.07 Å². The third kappa shape index (κ3) is 2.01. The molecule has 2 rings (SSSR count). The van der Waals surface area contributed by atoms with E-state index in [0.29, 0.717) is 0 Å². The molecule has 1 atom stereocenters. The molecule has 1 aliphatic heterocycles. The SMILES string of the molecule is NC(C(=O)O)c1cc2c(c(Cl)c1F)OCCO2. The number of fused-ring (bicyclic) bond motifs is 1. The molecule has 1 aromatic rings. The van der Waals surface area contributed by atoms with Crippen LogP contribution in [-0.2, 0) is 4.79 Å². The fourth-order valence-electron chi connectivity index (χ4n) is 1.50. The van der Waals surface area contributed by atoms with E-state index < -0.39 is 17.8 Å². The van der Waals surface area contributed by atoms with Crippen LogP contribution in [0.1, 0.15) is 11.6 Å². The van der Waals surface area contributed by atoms with Gasteiger partial charge in [-0.15, -0.1) is 0 Å². The van der Waals surface area contributed by atoms with Crippen molar-refractivity contribution in [3.05, 3.63) is 22.5 Å². The Labute approximate surface area is 101 Å². The summed E-state index contributed by atoms with van der Waals surface area (Å²) in [6.07, 6.45) is 0. The summed E-state index contributed by atoms with van der Waals surface area (Å²) in [4.78, 5) is 10.7. The highest BCUT2D eigenvalue weighted by atomic mass is 35.5. The van der Waals surface area contributed by atoms with Crippen LogP contribution in [0.2, 0.25) is 5.02 Å². The summed E-state index contributed by atoms with van der Waals surface area (Å²) < 4.78 is 24.1. The second kappa shape index (κ2) is 4.38. The second-order valence-electron chi connectivity index (χ2n) is 3.43. The van der Waals surface area contributed by atoms with Crippen molar-refractivity contribution in [3.63, 3.8) is 0 Å².